The summed E-state index contributed by atoms with van der Waals surface area (Å²) in [5.41, 5.74) is 3.08. The van der Waals surface area contributed by atoms with Crippen LogP contribution in [-0.2, 0) is 6.42 Å². The van der Waals surface area contributed by atoms with Crippen molar-refractivity contribution < 1.29 is 4.74 Å². The molecule has 2 aliphatic heterocycles. The van der Waals surface area contributed by atoms with E-state index in [1.807, 2.05) is 0 Å². The minimum Gasteiger partial charge on any atom is -0.487 e. The Bertz CT molecular complexity index is 462. The van der Waals surface area contributed by atoms with E-state index >= 15 is 0 Å². The molecule has 0 bridgehead atoms. The lowest BCUT2D eigenvalue weighted by Crippen LogP contribution is -2.44. The Morgan fingerprint density at radius 3 is 2.72 bits per heavy atom. The summed E-state index contributed by atoms with van der Waals surface area (Å²) in [7, 11) is 0. The normalized spacial score (nSPS) is 24.6. The van der Waals surface area contributed by atoms with Crippen LogP contribution in [0.15, 0.2) is 18.2 Å². The fraction of sp³-hybridized carbons (Fsp3) is 0.600. The molecule has 0 amide bonds. The van der Waals surface area contributed by atoms with Crippen LogP contribution in [0.25, 0.3) is 0 Å². The monoisotopic (exact) mass is 244 g/mol. The highest BCUT2D eigenvalue weighted by Crippen LogP contribution is 2.49. The van der Waals surface area contributed by atoms with Crippen molar-refractivity contribution in [1.82, 2.24) is 5.32 Å². The zero-order chi connectivity index (χ0) is 12.0. The highest BCUT2D eigenvalue weighted by Gasteiger charge is 2.47. The molecule has 1 saturated carbocycles. The first-order valence-electron chi connectivity index (χ1n) is 7.13. The van der Waals surface area contributed by atoms with Crippen molar-refractivity contribution in [3.8, 4) is 5.75 Å². The number of nitrogens with one attached hydrogen (secondary N) is 1. The van der Waals surface area contributed by atoms with E-state index in [0.29, 0.717) is 0 Å². The molecule has 2 heterocycles. The molecule has 0 radical (unpaired) electrons. The second-order valence-corrected chi connectivity index (χ2v) is 5.78. The second-order valence-electron chi connectivity index (χ2n) is 5.78. The number of nitrogens with zero attached hydrogens (tertiary/aromatic N) is 1. The Morgan fingerprint density at radius 2 is 1.94 bits per heavy atom. The van der Waals surface area contributed by atoms with Crippen LogP contribution in [-0.4, -0.2) is 31.8 Å². The van der Waals surface area contributed by atoms with Gasteiger partial charge in [0.05, 0.1) is 0 Å². The molecule has 1 N–H and O–H groups in total. The third-order valence-electron chi connectivity index (χ3n) is 4.53. The highest BCUT2D eigenvalue weighted by atomic mass is 16.5. The Labute approximate surface area is 108 Å². The lowest BCUT2D eigenvalue weighted by atomic mass is 9.98. The summed E-state index contributed by atoms with van der Waals surface area (Å²) in [5, 5.41) is 3.41. The predicted octanol–water partition coefficient (Wildman–Crippen LogP) is 1.95. The molecule has 3 aliphatic rings. The van der Waals surface area contributed by atoms with Gasteiger partial charge in [0.1, 0.15) is 11.4 Å². The highest BCUT2D eigenvalue weighted by molar-refractivity contribution is 5.61. The summed E-state index contributed by atoms with van der Waals surface area (Å²) in [6.07, 6.45) is 4.91. The second kappa shape index (κ2) is 3.89. The van der Waals surface area contributed by atoms with Crippen molar-refractivity contribution in [3.05, 3.63) is 23.8 Å². The van der Waals surface area contributed by atoms with Gasteiger partial charge in [-0.1, -0.05) is 6.07 Å². The van der Waals surface area contributed by atoms with E-state index in [1.165, 1.54) is 36.9 Å². The fourth-order valence-corrected chi connectivity index (χ4v) is 3.23. The van der Waals surface area contributed by atoms with E-state index in [2.05, 4.69) is 28.4 Å². The van der Waals surface area contributed by atoms with E-state index in [-0.39, 0.29) is 5.60 Å². The number of benzene rings is 1. The summed E-state index contributed by atoms with van der Waals surface area (Å²) in [5.74, 6) is 1.15. The molecule has 1 saturated heterocycles. The van der Waals surface area contributed by atoms with Gasteiger partial charge in [0.2, 0.25) is 0 Å². The van der Waals surface area contributed by atoms with Gasteiger partial charge in [-0.25, -0.2) is 0 Å². The van der Waals surface area contributed by atoms with Crippen LogP contribution in [0.4, 0.5) is 5.69 Å². The zero-order valence-corrected chi connectivity index (χ0v) is 10.7. The Kier molecular flexibility index (Phi) is 2.31. The van der Waals surface area contributed by atoms with Crippen LogP contribution in [0, 0.1) is 0 Å². The Morgan fingerprint density at radius 1 is 1.11 bits per heavy atom. The largest absolute Gasteiger partial charge is 0.487 e. The zero-order valence-electron chi connectivity index (χ0n) is 10.7. The van der Waals surface area contributed by atoms with Crippen molar-refractivity contribution in [2.75, 3.05) is 31.1 Å². The van der Waals surface area contributed by atoms with Crippen LogP contribution in [0.3, 0.4) is 0 Å². The molecule has 1 spiro atoms. The van der Waals surface area contributed by atoms with E-state index in [1.54, 1.807) is 0 Å². The molecule has 3 heteroatoms. The number of hydrogen-bond donors (Lipinski definition) is 1. The maximum absolute atomic E-state index is 6.22. The smallest absolute Gasteiger partial charge is 0.125 e. The van der Waals surface area contributed by atoms with Gasteiger partial charge in [-0.15, -0.1) is 0 Å². The van der Waals surface area contributed by atoms with Gasteiger partial charge in [0.25, 0.3) is 0 Å². The summed E-state index contributed by atoms with van der Waals surface area (Å²) < 4.78 is 6.22. The maximum Gasteiger partial charge on any atom is 0.125 e. The van der Waals surface area contributed by atoms with Gasteiger partial charge in [0.15, 0.2) is 0 Å². The third kappa shape index (κ3) is 1.69. The Hall–Kier alpha value is -1.22. The summed E-state index contributed by atoms with van der Waals surface area (Å²) in [6, 6.07) is 6.57. The molecule has 1 aliphatic carbocycles. The lowest BCUT2D eigenvalue weighted by molar-refractivity contribution is 0.151. The van der Waals surface area contributed by atoms with Crippen molar-refractivity contribution in [2.45, 2.75) is 31.3 Å². The number of fused-ring (bicyclic) bond motifs is 1. The van der Waals surface area contributed by atoms with E-state index in [4.69, 9.17) is 4.74 Å². The van der Waals surface area contributed by atoms with Gasteiger partial charge in [-0.2, -0.15) is 0 Å². The maximum atomic E-state index is 6.22. The Balaban J connectivity index is 1.67. The van der Waals surface area contributed by atoms with Gasteiger partial charge >= 0.3 is 0 Å². The fourth-order valence-electron chi connectivity index (χ4n) is 3.23. The summed E-state index contributed by atoms with van der Waals surface area (Å²) in [6.45, 7) is 4.41. The molecule has 0 aromatic heterocycles. The average molecular weight is 244 g/mol. The van der Waals surface area contributed by atoms with Crippen molar-refractivity contribution >= 4 is 5.69 Å². The molecule has 1 aromatic rings. The molecule has 0 unspecified atom stereocenters. The summed E-state index contributed by atoms with van der Waals surface area (Å²) >= 11 is 0. The molecule has 4 rings (SSSR count). The van der Waals surface area contributed by atoms with Crippen LogP contribution in [0.5, 0.6) is 5.75 Å². The minimum absolute atomic E-state index is 0.231. The molecular weight excluding hydrogens is 224 g/mol. The van der Waals surface area contributed by atoms with Gasteiger partial charge < -0.3 is 15.0 Å². The van der Waals surface area contributed by atoms with Gasteiger partial charge in [0, 0.05) is 37.4 Å². The predicted molar refractivity (Wildman–Crippen MR) is 72.4 cm³/mol. The molecule has 18 heavy (non-hydrogen) atoms. The van der Waals surface area contributed by atoms with Crippen LogP contribution < -0.4 is 15.0 Å². The first-order chi connectivity index (χ1) is 8.86. The van der Waals surface area contributed by atoms with E-state index in [0.717, 1.165) is 31.9 Å². The average Bonchev–Trinajstić information content (AvgIpc) is 3.18. The first kappa shape index (κ1) is 10.7. The standard InChI is InChI=1S/C15H20N2O/c1-2-13(17-10-8-16-9-11-17)12-4-5-15(6-7-15)18-14(12)3-1/h1-3,16H,4-11H2. The van der Waals surface area contributed by atoms with Crippen molar-refractivity contribution in [3.63, 3.8) is 0 Å². The molecule has 3 nitrogen and oxygen atoms in total. The quantitative estimate of drug-likeness (QED) is 0.817. The third-order valence-corrected chi connectivity index (χ3v) is 4.53. The topological polar surface area (TPSA) is 24.5 Å². The van der Waals surface area contributed by atoms with Gasteiger partial charge in [-0.3, -0.25) is 0 Å². The number of hydrogen-bond acceptors (Lipinski definition) is 3. The summed E-state index contributed by atoms with van der Waals surface area (Å²) in [4.78, 5) is 2.50. The molecule has 96 valence electrons. The van der Waals surface area contributed by atoms with Crippen LogP contribution >= 0.6 is 0 Å². The number of anilines is 1. The van der Waals surface area contributed by atoms with Crippen LogP contribution in [0.1, 0.15) is 24.8 Å². The van der Waals surface area contributed by atoms with Crippen molar-refractivity contribution in [2.24, 2.45) is 0 Å². The molecular formula is C15H20N2O. The SMILES string of the molecule is c1cc2c(c(N3CCNCC3)c1)CCC1(CC1)O2. The first-order valence-corrected chi connectivity index (χ1v) is 7.13. The minimum atomic E-state index is 0.231. The number of piperazine rings is 1. The van der Waals surface area contributed by atoms with Crippen LogP contribution in [0.2, 0.25) is 0 Å². The number of rotatable bonds is 1. The molecule has 2 fully saturated rings. The number of ether oxygens (including phenoxy) is 1. The van der Waals surface area contributed by atoms with E-state index < -0.39 is 0 Å². The lowest BCUT2D eigenvalue weighted by Gasteiger charge is -2.34. The van der Waals surface area contributed by atoms with E-state index in [9.17, 15) is 0 Å². The van der Waals surface area contributed by atoms with Gasteiger partial charge in [-0.05, 0) is 37.8 Å². The molecule has 1 aromatic carbocycles. The molecule has 0 atom stereocenters. The van der Waals surface area contributed by atoms with Crippen molar-refractivity contribution in [1.29, 1.82) is 0 Å².